The largest absolute Gasteiger partial charge is 0.492 e. The molecule has 3 N–H and O–H groups in total. The number of amides is 1. The third-order valence-corrected chi connectivity index (χ3v) is 3.29. The van der Waals surface area contributed by atoms with Gasteiger partial charge in [0, 0.05) is 14.8 Å². The summed E-state index contributed by atoms with van der Waals surface area (Å²) in [5.74, 6) is 0.645. The molecule has 1 amide bonds. The van der Waals surface area contributed by atoms with Crippen LogP contribution in [0.15, 0.2) is 48.5 Å². The van der Waals surface area contributed by atoms with Crippen LogP contribution >= 0.6 is 22.6 Å². The minimum atomic E-state index is -0.0931. The predicted molar refractivity (Wildman–Crippen MR) is 87.8 cm³/mol. The van der Waals surface area contributed by atoms with Crippen LogP contribution < -0.4 is 15.8 Å². The van der Waals surface area contributed by atoms with Crippen molar-refractivity contribution in [1.82, 2.24) is 5.32 Å². The molecule has 0 aliphatic rings. The van der Waals surface area contributed by atoms with Gasteiger partial charge < -0.3 is 15.8 Å². The molecule has 0 unspecified atom stereocenters. The minimum Gasteiger partial charge on any atom is -0.492 e. The van der Waals surface area contributed by atoms with Gasteiger partial charge in [0.15, 0.2) is 0 Å². The fourth-order valence-corrected chi connectivity index (χ4v) is 2.17. The molecular weight excluding hydrogens is 367 g/mol. The van der Waals surface area contributed by atoms with Gasteiger partial charge in [0.2, 0.25) is 0 Å². The SMILES string of the molecule is Nc1ccc(OCCNC(=O)c2cccc(I)c2)cc1. The molecule has 4 nitrogen and oxygen atoms in total. The average Bonchev–Trinajstić information content (AvgIpc) is 2.45. The highest BCUT2D eigenvalue weighted by Gasteiger charge is 2.04. The van der Waals surface area contributed by atoms with Crippen LogP contribution in [0, 0.1) is 3.57 Å². The van der Waals surface area contributed by atoms with E-state index < -0.39 is 0 Å². The number of rotatable bonds is 5. The van der Waals surface area contributed by atoms with Crippen molar-refractivity contribution in [2.75, 3.05) is 18.9 Å². The zero-order chi connectivity index (χ0) is 14.4. The van der Waals surface area contributed by atoms with Gasteiger partial charge in [-0.1, -0.05) is 6.07 Å². The van der Waals surface area contributed by atoms with Crippen molar-refractivity contribution in [3.8, 4) is 5.75 Å². The molecule has 0 fully saturated rings. The van der Waals surface area contributed by atoms with Crippen LogP contribution in [0.1, 0.15) is 10.4 Å². The molecule has 0 aliphatic carbocycles. The summed E-state index contributed by atoms with van der Waals surface area (Å²) >= 11 is 2.18. The number of carbonyl (C=O) groups is 1. The summed E-state index contributed by atoms with van der Waals surface area (Å²) in [5.41, 5.74) is 6.94. The first-order valence-corrected chi connectivity index (χ1v) is 7.25. The number of nitrogen functional groups attached to an aromatic ring is 1. The van der Waals surface area contributed by atoms with Gasteiger partial charge in [0.05, 0.1) is 6.54 Å². The van der Waals surface area contributed by atoms with E-state index in [-0.39, 0.29) is 5.91 Å². The molecule has 20 heavy (non-hydrogen) atoms. The number of anilines is 1. The van der Waals surface area contributed by atoms with E-state index in [0.717, 1.165) is 9.32 Å². The maximum absolute atomic E-state index is 11.9. The smallest absolute Gasteiger partial charge is 0.251 e. The molecule has 0 saturated heterocycles. The van der Waals surface area contributed by atoms with Gasteiger partial charge >= 0.3 is 0 Å². The third-order valence-electron chi connectivity index (χ3n) is 2.62. The standard InChI is InChI=1S/C15H15IN2O2/c16-12-3-1-2-11(10-12)15(19)18-8-9-20-14-6-4-13(17)5-7-14/h1-7,10H,8-9,17H2,(H,18,19). The molecule has 0 bridgehead atoms. The average molecular weight is 382 g/mol. The number of ether oxygens (including phenoxy) is 1. The van der Waals surface area contributed by atoms with E-state index in [2.05, 4.69) is 27.9 Å². The molecule has 0 aliphatic heterocycles. The second-order valence-electron chi connectivity index (χ2n) is 4.18. The van der Waals surface area contributed by atoms with Gasteiger partial charge in [0.1, 0.15) is 12.4 Å². The summed E-state index contributed by atoms with van der Waals surface area (Å²) in [7, 11) is 0. The lowest BCUT2D eigenvalue weighted by atomic mass is 10.2. The summed E-state index contributed by atoms with van der Waals surface area (Å²) in [4.78, 5) is 11.9. The maximum atomic E-state index is 11.9. The maximum Gasteiger partial charge on any atom is 0.251 e. The Labute approximate surface area is 131 Å². The second-order valence-corrected chi connectivity index (χ2v) is 5.43. The molecule has 2 aromatic rings. The van der Waals surface area contributed by atoms with Gasteiger partial charge in [-0.2, -0.15) is 0 Å². The molecule has 2 rings (SSSR count). The number of halogens is 1. The van der Waals surface area contributed by atoms with E-state index in [1.807, 2.05) is 18.2 Å². The van der Waals surface area contributed by atoms with Crippen molar-refractivity contribution in [1.29, 1.82) is 0 Å². The lowest BCUT2D eigenvalue weighted by molar-refractivity contribution is 0.0947. The van der Waals surface area contributed by atoms with Crippen molar-refractivity contribution in [3.63, 3.8) is 0 Å². The lowest BCUT2D eigenvalue weighted by Crippen LogP contribution is -2.28. The Morgan fingerprint density at radius 2 is 1.95 bits per heavy atom. The molecule has 0 saturated carbocycles. The first-order chi connectivity index (χ1) is 9.65. The van der Waals surface area contributed by atoms with Crippen molar-refractivity contribution < 1.29 is 9.53 Å². The zero-order valence-electron chi connectivity index (χ0n) is 10.8. The van der Waals surface area contributed by atoms with E-state index in [9.17, 15) is 4.79 Å². The Morgan fingerprint density at radius 1 is 1.20 bits per heavy atom. The number of hydrogen-bond donors (Lipinski definition) is 2. The van der Waals surface area contributed by atoms with Gasteiger partial charge in [-0.25, -0.2) is 0 Å². The molecule has 2 aromatic carbocycles. The van der Waals surface area contributed by atoms with Gasteiger partial charge in [-0.3, -0.25) is 4.79 Å². The van der Waals surface area contributed by atoms with E-state index >= 15 is 0 Å². The van der Waals surface area contributed by atoms with Crippen LogP contribution in [0.25, 0.3) is 0 Å². The summed E-state index contributed by atoms with van der Waals surface area (Å²) in [6, 6.07) is 14.6. The quantitative estimate of drug-likeness (QED) is 0.475. The molecule has 0 radical (unpaired) electrons. The molecule has 104 valence electrons. The minimum absolute atomic E-state index is 0.0931. The van der Waals surface area contributed by atoms with Crippen molar-refractivity contribution in [2.24, 2.45) is 0 Å². The van der Waals surface area contributed by atoms with E-state index in [1.54, 1.807) is 30.3 Å². The third kappa shape index (κ3) is 4.41. The zero-order valence-corrected chi connectivity index (χ0v) is 13.0. The van der Waals surface area contributed by atoms with Crippen molar-refractivity contribution >= 4 is 34.2 Å². The highest BCUT2D eigenvalue weighted by atomic mass is 127. The van der Waals surface area contributed by atoms with Crippen LogP contribution in [0.2, 0.25) is 0 Å². The summed E-state index contributed by atoms with van der Waals surface area (Å²) < 4.78 is 6.53. The Morgan fingerprint density at radius 3 is 2.65 bits per heavy atom. The molecule has 0 spiro atoms. The fourth-order valence-electron chi connectivity index (χ4n) is 1.63. The first-order valence-electron chi connectivity index (χ1n) is 6.17. The van der Waals surface area contributed by atoms with E-state index in [0.29, 0.717) is 24.4 Å². The van der Waals surface area contributed by atoms with Crippen molar-refractivity contribution in [3.05, 3.63) is 57.7 Å². The summed E-state index contributed by atoms with van der Waals surface area (Å²) in [5, 5.41) is 2.82. The summed E-state index contributed by atoms with van der Waals surface area (Å²) in [6.07, 6.45) is 0. The van der Waals surface area contributed by atoms with Crippen molar-refractivity contribution in [2.45, 2.75) is 0 Å². The molecular formula is C15H15IN2O2. The second kappa shape index (κ2) is 7.14. The number of carbonyl (C=O) groups excluding carboxylic acids is 1. The van der Waals surface area contributed by atoms with Crippen LogP contribution in [0.5, 0.6) is 5.75 Å². The van der Waals surface area contributed by atoms with E-state index in [4.69, 9.17) is 10.5 Å². The highest BCUT2D eigenvalue weighted by Crippen LogP contribution is 2.12. The Hall–Kier alpha value is -1.76. The van der Waals surface area contributed by atoms with Crippen LogP contribution in [0.4, 0.5) is 5.69 Å². The number of nitrogens with two attached hydrogens (primary N) is 1. The number of benzene rings is 2. The van der Waals surface area contributed by atoms with Gasteiger partial charge in [0.25, 0.3) is 5.91 Å². The van der Waals surface area contributed by atoms with Gasteiger partial charge in [-0.15, -0.1) is 0 Å². The van der Waals surface area contributed by atoms with Crippen LogP contribution in [-0.4, -0.2) is 19.1 Å². The Kier molecular flexibility index (Phi) is 5.23. The first kappa shape index (κ1) is 14.6. The number of hydrogen-bond acceptors (Lipinski definition) is 3. The molecule has 5 heteroatoms. The topological polar surface area (TPSA) is 64.3 Å². The highest BCUT2D eigenvalue weighted by molar-refractivity contribution is 14.1. The van der Waals surface area contributed by atoms with Crippen LogP contribution in [0.3, 0.4) is 0 Å². The summed E-state index contributed by atoms with van der Waals surface area (Å²) in [6.45, 7) is 0.869. The lowest BCUT2D eigenvalue weighted by Gasteiger charge is -2.08. The fraction of sp³-hybridized carbons (Fsp3) is 0.133. The van der Waals surface area contributed by atoms with Crippen LogP contribution in [-0.2, 0) is 0 Å². The molecule has 0 aromatic heterocycles. The van der Waals surface area contributed by atoms with E-state index in [1.165, 1.54) is 0 Å². The normalized spacial score (nSPS) is 10.1. The van der Waals surface area contributed by atoms with Gasteiger partial charge in [-0.05, 0) is 65.1 Å². The Balaban J connectivity index is 1.76. The molecule has 0 heterocycles. The number of nitrogens with one attached hydrogen (secondary N) is 1. The predicted octanol–water partition coefficient (Wildman–Crippen LogP) is 2.68. The molecule has 0 atom stereocenters. The monoisotopic (exact) mass is 382 g/mol. The Bertz CT molecular complexity index is 585.